The van der Waals surface area contributed by atoms with Gasteiger partial charge < -0.3 is 10.1 Å². The van der Waals surface area contributed by atoms with Gasteiger partial charge in [0.25, 0.3) is 5.91 Å². The predicted molar refractivity (Wildman–Crippen MR) is 83.4 cm³/mol. The minimum atomic E-state index is -0.660. The van der Waals surface area contributed by atoms with Crippen LogP contribution in [0.2, 0.25) is 0 Å². The van der Waals surface area contributed by atoms with Gasteiger partial charge in [-0.1, -0.05) is 0 Å². The third kappa shape index (κ3) is 3.31. The molecule has 0 unspecified atom stereocenters. The molecule has 1 aliphatic heterocycles. The third-order valence-electron chi connectivity index (χ3n) is 3.70. The van der Waals surface area contributed by atoms with E-state index in [1.165, 1.54) is 11.3 Å². The highest BCUT2D eigenvalue weighted by atomic mass is 32.1. The molecule has 2 aromatic heterocycles. The monoisotopic (exact) mass is 318 g/mol. The van der Waals surface area contributed by atoms with Crippen LogP contribution in [0.4, 0.5) is 0 Å². The Morgan fingerprint density at radius 2 is 2.41 bits per heavy atom. The summed E-state index contributed by atoms with van der Waals surface area (Å²) in [5, 5.41) is 5.77. The van der Waals surface area contributed by atoms with E-state index in [0.717, 1.165) is 29.2 Å². The van der Waals surface area contributed by atoms with Crippen molar-refractivity contribution in [2.45, 2.75) is 31.8 Å². The quantitative estimate of drug-likeness (QED) is 0.910. The second-order valence-electron chi connectivity index (χ2n) is 5.42. The fraction of sp³-hybridized carbons (Fsp3) is 0.467. The van der Waals surface area contributed by atoms with Gasteiger partial charge in [0.1, 0.15) is 16.3 Å². The molecular formula is C15H18N4O2S. The number of aromatic nitrogens is 3. The molecule has 0 radical (unpaired) electrons. The summed E-state index contributed by atoms with van der Waals surface area (Å²) in [5.74, 6) is -0.0330. The van der Waals surface area contributed by atoms with Crippen molar-refractivity contribution >= 4 is 17.2 Å². The average Bonchev–Trinajstić information content (AvgIpc) is 3.18. The van der Waals surface area contributed by atoms with Gasteiger partial charge in [0.2, 0.25) is 0 Å². The summed E-state index contributed by atoms with van der Waals surface area (Å²) in [6.45, 7) is 3.07. The number of ether oxygens (including phenoxy) is 1. The topological polar surface area (TPSA) is 77.0 Å². The molecule has 2 aromatic rings. The number of carbonyl (C=O) groups is 1. The van der Waals surface area contributed by atoms with E-state index in [-0.39, 0.29) is 5.91 Å². The molecule has 1 aliphatic rings. The summed E-state index contributed by atoms with van der Waals surface area (Å²) in [6.07, 6.45) is 7.41. The van der Waals surface area contributed by atoms with Gasteiger partial charge in [-0.05, 0) is 19.8 Å². The van der Waals surface area contributed by atoms with Crippen LogP contribution in [0.25, 0.3) is 10.7 Å². The van der Waals surface area contributed by atoms with Crippen molar-refractivity contribution in [3.8, 4) is 10.7 Å². The highest BCUT2D eigenvalue weighted by Gasteiger charge is 2.37. The number of hydrogen-bond acceptors (Lipinski definition) is 6. The van der Waals surface area contributed by atoms with Gasteiger partial charge in [0.05, 0.1) is 11.9 Å². The van der Waals surface area contributed by atoms with Crippen LogP contribution in [0, 0.1) is 0 Å². The lowest BCUT2D eigenvalue weighted by Gasteiger charge is -2.21. The summed E-state index contributed by atoms with van der Waals surface area (Å²) in [6, 6.07) is 0. The Morgan fingerprint density at radius 1 is 1.50 bits per heavy atom. The lowest BCUT2D eigenvalue weighted by atomic mass is 10.0. The van der Waals surface area contributed by atoms with Crippen LogP contribution in [0.5, 0.6) is 0 Å². The number of nitrogens with one attached hydrogen (secondary N) is 1. The maximum Gasteiger partial charge on any atom is 0.251 e. The number of carbonyl (C=O) groups excluding carboxylic acids is 1. The van der Waals surface area contributed by atoms with Crippen LogP contribution in [0.15, 0.2) is 24.0 Å². The van der Waals surface area contributed by atoms with E-state index in [1.54, 1.807) is 18.6 Å². The number of hydrogen-bond donors (Lipinski definition) is 1. The molecule has 7 heteroatoms. The van der Waals surface area contributed by atoms with Gasteiger partial charge in [0.15, 0.2) is 0 Å². The van der Waals surface area contributed by atoms with Crippen LogP contribution in [-0.4, -0.2) is 39.6 Å². The smallest absolute Gasteiger partial charge is 0.251 e. The van der Waals surface area contributed by atoms with E-state index in [4.69, 9.17) is 4.74 Å². The van der Waals surface area contributed by atoms with E-state index < -0.39 is 5.60 Å². The molecule has 0 bridgehead atoms. The molecule has 0 saturated carbocycles. The summed E-state index contributed by atoms with van der Waals surface area (Å²) >= 11 is 1.54. The molecule has 116 valence electrons. The number of amides is 1. The van der Waals surface area contributed by atoms with Gasteiger partial charge in [-0.15, -0.1) is 11.3 Å². The van der Waals surface area contributed by atoms with E-state index in [0.29, 0.717) is 19.6 Å². The lowest BCUT2D eigenvalue weighted by molar-refractivity contribution is -0.139. The second-order valence-corrected chi connectivity index (χ2v) is 6.28. The Labute approximate surface area is 133 Å². The zero-order valence-electron chi connectivity index (χ0n) is 12.4. The molecule has 22 heavy (non-hydrogen) atoms. The van der Waals surface area contributed by atoms with E-state index in [2.05, 4.69) is 20.3 Å². The first-order chi connectivity index (χ1) is 10.7. The fourth-order valence-electron chi connectivity index (χ4n) is 2.40. The van der Waals surface area contributed by atoms with E-state index in [9.17, 15) is 4.79 Å². The molecule has 1 atom stereocenters. The van der Waals surface area contributed by atoms with Gasteiger partial charge in [-0.2, -0.15) is 0 Å². The highest BCUT2D eigenvalue weighted by molar-refractivity contribution is 7.13. The van der Waals surface area contributed by atoms with Crippen molar-refractivity contribution < 1.29 is 9.53 Å². The molecule has 1 fully saturated rings. The maximum atomic E-state index is 12.1. The van der Waals surface area contributed by atoms with Crippen LogP contribution in [-0.2, 0) is 16.0 Å². The summed E-state index contributed by atoms with van der Waals surface area (Å²) in [7, 11) is 0. The Bertz CT molecular complexity index is 638. The SMILES string of the molecule is C[C@]1(C(=O)NCCc2csc(-c3cnccn3)n2)CCCO1. The van der Waals surface area contributed by atoms with Crippen LogP contribution in [0.1, 0.15) is 25.5 Å². The van der Waals surface area contributed by atoms with Crippen molar-refractivity contribution in [3.63, 3.8) is 0 Å². The minimum absolute atomic E-state index is 0.0330. The first-order valence-electron chi connectivity index (χ1n) is 7.30. The molecular weight excluding hydrogens is 300 g/mol. The molecule has 1 amide bonds. The molecule has 3 heterocycles. The van der Waals surface area contributed by atoms with E-state index in [1.807, 2.05) is 12.3 Å². The van der Waals surface area contributed by atoms with Gasteiger partial charge in [0, 0.05) is 37.3 Å². The molecule has 0 aliphatic carbocycles. The summed E-state index contributed by atoms with van der Waals surface area (Å²) in [4.78, 5) is 24.9. The van der Waals surface area contributed by atoms with Crippen molar-refractivity contribution in [1.82, 2.24) is 20.3 Å². The minimum Gasteiger partial charge on any atom is -0.365 e. The number of rotatable bonds is 5. The Kier molecular flexibility index (Phi) is 4.44. The molecule has 0 spiro atoms. The third-order valence-corrected chi connectivity index (χ3v) is 4.61. The number of nitrogens with zero attached hydrogens (tertiary/aromatic N) is 3. The molecule has 1 N–H and O–H groups in total. The summed E-state index contributed by atoms with van der Waals surface area (Å²) in [5.41, 5.74) is 1.06. The molecule has 3 rings (SSSR count). The average molecular weight is 318 g/mol. The highest BCUT2D eigenvalue weighted by Crippen LogP contribution is 2.25. The van der Waals surface area contributed by atoms with Gasteiger partial charge in [-0.25, -0.2) is 4.98 Å². The van der Waals surface area contributed by atoms with Crippen LogP contribution < -0.4 is 5.32 Å². The van der Waals surface area contributed by atoms with Crippen molar-refractivity contribution in [2.24, 2.45) is 0 Å². The van der Waals surface area contributed by atoms with Crippen molar-refractivity contribution in [1.29, 1.82) is 0 Å². The zero-order valence-corrected chi connectivity index (χ0v) is 13.2. The maximum absolute atomic E-state index is 12.1. The standard InChI is InChI=1S/C15H18N4O2S/c1-15(4-2-8-21-15)14(20)18-5-3-11-10-22-13(19-11)12-9-16-6-7-17-12/h6-7,9-10H,2-5,8H2,1H3,(H,18,20)/t15-/m1/s1. The Hall–Kier alpha value is -1.86. The largest absolute Gasteiger partial charge is 0.365 e. The van der Waals surface area contributed by atoms with Crippen molar-refractivity contribution in [2.75, 3.05) is 13.2 Å². The van der Waals surface area contributed by atoms with Gasteiger partial charge in [-0.3, -0.25) is 14.8 Å². The number of thiazole rings is 1. The first-order valence-corrected chi connectivity index (χ1v) is 8.18. The zero-order chi connectivity index (χ0) is 15.4. The van der Waals surface area contributed by atoms with Crippen molar-refractivity contribution in [3.05, 3.63) is 29.7 Å². The first kappa shape index (κ1) is 15.1. The fourth-order valence-corrected chi connectivity index (χ4v) is 3.21. The lowest BCUT2D eigenvalue weighted by Crippen LogP contribution is -2.44. The van der Waals surface area contributed by atoms with E-state index >= 15 is 0 Å². The molecule has 1 saturated heterocycles. The molecule has 0 aromatic carbocycles. The predicted octanol–water partition coefficient (Wildman–Crippen LogP) is 1.83. The Balaban J connectivity index is 1.52. The van der Waals surface area contributed by atoms with Gasteiger partial charge >= 0.3 is 0 Å². The summed E-state index contributed by atoms with van der Waals surface area (Å²) < 4.78 is 5.53. The Morgan fingerprint density at radius 3 is 3.14 bits per heavy atom. The van der Waals surface area contributed by atoms with Crippen LogP contribution >= 0.6 is 11.3 Å². The second kappa shape index (κ2) is 6.50. The normalized spacial score (nSPS) is 21.0. The van der Waals surface area contributed by atoms with Crippen LogP contribution in [0.3, 0.4) is 0 Å². The molecule has 6 nitrogen and oxygen atoms in total.